The van der Waals surface area contributed by atoms with Gasteiger partial charge in [-0.25, -0.2) is 4.98 Å². The van der Waals surface area contributed by atoms with Gasteiger partial charge in [0.1, 0.15) is 5.02 Å². The molecule has 1 aliphatic heterocycles. The number of anilines is 3. The molecule has 3 heterocycles. The molecule has 8 heteroatoms. The number of ether oxygens (including phenoxy) is 1. The quantitative estimate of drug-likeness (QED) is 0.531. The number of fused-ring (bicyclic) bond motifs is 1. The molecule has 1 aromatic carbocycles. The molecule has 0 spiro atoms. The van der Waals surface area contributed by atoms with Gasteiger partial charge in [-0.2, -0.15) is 4.98 Å². The van der Waals surface area contributed by atoms with Crippen LogP contribution in [0.2, 0.25) is 5.02 Å². The van der Waals surface area contributed by atoms with Crippen molar-refractivity contribution in [2.45, 2.75) is 51.6 Å². The number of aryl methyl sites for hydroxylation is 1. The number of halogens is 1. The van der Waals surface area contributed by atoms with Gasteiger partial charge in [0.2, 0.25) is 5.95 Å². The summed E-state index contributed by atoms with van der Waals surface area (Å²) in [4.78, 5) is 24.1. The number of piperidine rings is 1. The third-order valence-corrected chi connectivity index (χ3v) is 7.28. The Balaban J connectivity index is 1.40. The van der Waals surface area contributed by atoms with E-state index in [0.717, 1.165) is 54.9 Å². The van der Waals surface area contributed by atoms with E-state index in [4.69, 9.17) is 21.3 Å². The largest absolute Gasteiger partial charge is 0.485 e. The molecule has 0 radical (unpaired) electrons. The lowest BCUT2D eigenvalue weighted by Gasteiger charge is -2.31. The number of benzene rings is 1. The van der Waals surface area contributed by atoms with Crippen LogP contribution in [0.4, 0.5) is 17.5 Å². The van der Waals surface area contributed by atoms with Crippen molar-refractivity contribution in [2.24, 2.45) is 13.0 Å². The monoisotopic (exact) mass is 467 g/mol. The van der Waals surface area contributed by atoms with Crippen LogP contribution >= 0.6 is 11.6 Å². The van der Waals surface area contributed by atoms with Crippen LogP contribution in [-0.4, -0.2) is 33.7 Å². The normalized spacial score (nSPS) is 17.2. The maximum atomic E-state index is 12.7. The van der Waals surface area contributed by atoms with Gasteiger partial charge in [0.25, 0.3) is 5.56 Å². The minimum absolute atomic E-state index is 0.106. The van der Waals surface area contributed by atoms with E-state index in [1.54, 1.807) is 17.8 Å². The number of pyridine rings is 1. The fourth-order valence-corrected chi connectivity index (χ4v) is 4.70. The van der Waals surface area contributed by atoms with Crippen LogP contribution in [0.5, 0.6) is 5.75 Å². The molecule has 0 unspecified atom stereocenters. The van der Waals surface area contributed by atoms with Gasteiger partial charge in [0.05, 0.1) is 17.8 Å². The summed E-state index contributed by atoms with van der Waals surface area (Å²) in [5.41, 5.74) is 1.58. The average Bonchev–Trinajstić information content (AvgIpc) is 2.80. The highest BCUT2D eigenvalue weighted by molar-refractivity contribution is 6.32. The second-order valence-electron chi connectivity index (χ2n) is 9.15. The molecule has 2 fully saturated rings. The van der Waals surface area contributed by atoms with Crippen molar-refractivity contribution in [3.8, 4) is 5.75 Å². The molecule has 2 aliphatic rings. The highest BCUT2D eigenvalue weighted by atomic mass is 35.5. The molecular weight excluding hydrogens is 438 g/mol. The molecule has 2 aromatic heterocycles. The third kappa shape index (κ3) is 4.51. The highest BCUT2D eigenvalue weighted by Gasteiger charge is 2.22. The third-order valence-electron chi connectivity index (χ3n) is 7.01. The molecule has 3 aromatic rings. The number of nitrogens with zero attached hydrogens (tertiary/aromatic N) is 4. The Morgan fingerprint density at radius 3 is 2.67 bits per heavy atom. The molecule has 1 N–H and O–H groups in total. The summed E-state index contributed by atoms with van der Waals surface area (Å²) in [6.45, 7) is 4.19. The van der Waals surface area contributed by atoms with E-state index in [1.165, 1.54) is 19.3 Å². The Hall–Kier alpha value is -2.80. The number of nitrogens with one attached hydrogen (secondary N) is 1. The van der Waals surface area contributed by atoms with Crippen molar-refractivity contribution >= 4 is 40.0 Å². The predicted octanol–water partition coefficient (Wildman–Crippen LogP) is 5.28. The lowest BCUT2D eigenvalue weighted by Crippen LogP contribution is -2.34. The fourth-order valence-electron chi connectivity index (χ4n) is 4.56. The van der Waals surface area contributed by atoms with Crippen molar-refractivity contribution < 1.29 is 4.74 Å². The Labute approximate surface area is 198 Å². The molecule has 0 atom stereocenters. The van der Waals surface area contributed by atoms with Crippen LogP contribution in [0.1, 0.15) is 45.4 Å². The zero-order valence-corrected chi connectivity index (χ0v) is 19.9. The van der Waals surface area contributed by atoms with Gasteiger partial charge in [-0.05, 0) is 62.3 Å². The molecule has 7 nitrogen and oxygen atoms in total. The number of hydrogen-bond acceptors (Lipinski definition) is 6. The average molecular weight is 468 g/mol. The Morgan fingerprint density at radius 1 is 1.18 bits per heavy atom. The van der Waals surface area contributed by atoms with Crippen LogP contribution in [0, 0.1) is 5.92 Å². The summed E-state index contributed by atoms with van der Waals surface area (Å²) in [5, 5.41) is 4.73. The zero-order valence-electron chi connectivity index (χ0n) is 19.2. The predicted molar refractivity (Wildman–Crippen MR) is 133 cm³/mol. The van der Waals surface area contributed by atoms with E-state index in [1.807, 2.05) is 24.3 Å². The van der Waals surface area contributed by atoms with Crippen LogP contribution in [-0.2, 0) is 7.05 Å². The Bertz CT molecular complexity index is 1220. The van der Waals surface area contributed by atoms with E-state index in [2.05, 4.69) is 22.1 Å². The number of hydrogen-bond donors (Lipinski definition) is 1. The van der Waals surface area contributed by atoms with E-state index in [-0.39, 0.29) is 11.7 Å². The van der Waals surface area contributed by atoms with Crippen LogP contribution in [0.25, 0.3) is 10.9 Å². The fraction of sp³-hybridized carbons (Fsp3) is 0.480. The van der Waals surface area contributed by atoms with Gasteiger partial charge in [-0.3, -0.25) is 4.79 Å². The zero-order chi connectivity index (χ0) is 22.9. The Kier molecular flexibility index (Phi) is 6.15. The van der Waals surface area contributed by atoms with Crippen LogP contribution in [0.15, 0.2) is 35.3 Å². The second-order valence-corrected chi connectivity index (χ2v) is 9.55. The maximum Gasteiger partial charge on any atom is 0.293 e. The van der Waals surface area contributed by atoms with E-state index in [9.17, 15) is 4.79 Å². The van der Waals surface area contributed by atoms with E-state index in [0.29, 0.717) is 22.5 Å². The second kappa shape index (κ2) is 9.21. The first kappa shape index (κ1) is 22.0. The molecule has 1 saturated carbocycles. The molecule has 33 heavy (non-hydrogen) atoms. The molecular formula is C25H30ClN5O2. The van der Waals surface area contributed by atoms with Gasteiger partial charge in [-0.1, -0.05) is 24.9 Å². The highest BCUT2D eigenvalue weighted by Crippen LogP contribution is 2.30. The summed E-state index contributed by atoms with van der Waals surface area (Å²) < 4.78 is 7.59. The van der Waals surface area contributed by atoms with Gasteiger partial charge in [0, 0.05) is 31.2 Å². The standard InChI is InChI=1S/C25H30ClN5O2/c1-3-16-9-11-31(12-10-16)25-27-15-20(26)23(29-25)28-18-7-8-21-17(13-18)14-22(24(32)30(21)2)33-19-5-4-6-19/h7-8,13-16,19H,3-6,9-12H2,1-2H3,(H,27,28,29). The first-order chi connectivity index (χ1) is 16.0. The number of aromatic nitrogens is 3. The van der Waals surface area contributed by atoms with Gasteiger partial charge in [-0.15, -0.1) is 0 Å². The smallest absolute Gasteiger partial charge is 0.293 e. The minimum atomic E-state index is -0.106. The molecule has 0 amide bonds. The van der Waals surface area contributed by atoms with Crippen LogP contribution < -0.4 is 20.5 Å². The summed E-state index contributed by atoms with van der Waals surface area (Å²) in [6, 6.07) is 7.69. The summed E-state index contributed by atoms with van der Waals surface area (Å²) in [7, 11) is 1.78. The Morgan fingerprint density at radius 2 is 1.97 bits per heavy atom. The molecule has 5 rings (SSSR count). The lowest BCUT2D eigenvalue weighted by molar-refractivity contribution is 0.118. The topological polar surface area (TPSA) is 72.3 Å². The van der Waals surface area contributed by atoms with Crippen molar-refractivity contribution in [1.82, 2.24) is 14.5 Å². The van der Waals surface area contributed by atoms with Crippen molar-refractivity contribution in [3.05, 3.63) is 45.8 Å². The molecule has 174 valence electrons. The summed E-state index contributed by atoms with van der Waals surface area (Å²) in [5.74, 6) is 2.48. The first-order valence-electron chi connectivity index (χ1n) is 11.9. The van der Waals surface area contributed by atoms with Gasteiger partial charge >= 0.3 is 0 Å². The van der Waals surface area contributed by atoms with Crippen molar-refractivity contribution in [2.75, 3.05) is 23.3 Å². The van der Waals surface area contributed by atoms with E-state index < -0.39 is 0 Å². The maximum absolute atomic E-state index is 12.7. The van der Waals surface area contributed by atoms with E-state index >= 15 is 0 Å². The molecule has 1 saturated heterocycles. The van der Waals surface area contributed by atoms with Crippen LogP contribution in [0.3, 0.4) is 0 Å². The summed E-state index contributed by atoms with van der Waals surface area (Å²) >= 11 is 6.43. The SMILES string of the molecule is CCC1CCN(c2ncc(Cl)c(Nc3ccc4c(c3)cc(OC3CCC3)c(=O)n4C)n2)CC1. The van der Waals surface area contributed by atoms with Gasteiger partial charge in [0.15, 0.2) is 11.6 Å². The first-order valence-corrected chi connectivity index (χ1v) is 12.2. The number of rotatable bonds is 6. The van der Waals surface area contributed by atoms with Crippen molar-refractivity contribution in [3.63, 3.8) is 0 Å². The molecule has 1 aliphatic carbocycles. The van der Waals surface area contributed by atoms with Gasteiger partial charge < -0.3 is 19.5 Å². The lowest BCUT2D eigenvalue weighted by atomic mass is 9.95. The minimum Gasteiger partial charge on any atom is -0.485 e. The van der Waals surface area contributed by atoms with Crippen molar-refractivity contribution in [1.29, 1.82) is 0 Å². The summed E-state index contributed by atoms with van der Waals surface area (Å²) in [6.07, 6.45) is 8.54. The molecule has 0 bridgehead atoms.